The van der Waals surface area contributed by atoms with Gasteiger partial charge in [0, 0.05) is 12.4 Å². The molecule has 0 saturated heterocycles. The number of H-pyrrole nitrogens is 1. The molecule has 0 fully saturated rings. The number of nitrogens with one attached hydrogen (secondary N) is 2. The van der Waals surface area contributed by atoms with Crippen LogP contribution in [0.15, 0.2) is 30.6 Å². The molecule has 0 aliphatic heterocycles. The lowest BCUT2D eigenvalue weighted by atomic mass is 10.2. The number of benzene rings is 1. The van der Waals surface area contributed by atoms with Crippen LogP contribution in [-0.4, -0.2) is 15.9 Å². The van der Waals surface area contributed by atoms with Crippen LogP contribution in [0.2, 0.25) is 5.02 Å². The van der Waals surface area contributed by atoms with Crippen molar-refractivity contribution in [2.24, 2.45) is 0 Å². The molecule has 6 heteroatoms. The standard InChI is InChI=1S/C10H7ClFN3O/c11-8-6(2-1-3-7(8)12)9(16)15-10-13-4-5-14-10/h1-5H,(H2,13,14,15,16). The summed E-state index contributed by atoms with van der Waals surface area (Å²) in [6.45, 7) is 0. The monoisotopic (exact) mass is 239 g/mol. The molecule has 0 unspecified atom stereocenters. The van der Waals surface area contributed by atoms with Crippen LogP contribution >= 0.6 is 11.6 Å². The van der Waals surface area contributed by atoms with Gasteiger partial charge in [-0.1, -0.05) is 17.7 Å². The summed E-state index contributed by atoms with van der Waals surface area (Å²) in [5.74, 6) is -0.862. The van der Waals surface area contributed by atoms with Crippen molar-refractivity contribution in [1.82, 2.24) is 9.97 Å². The van der Waals surface area contributed by atoms with Gasteiger partial charge in [0.25, 0.3) is 5.91 Å². The van der Waals surface area contributed by atoms with E-state index in [-0.39, 0.29) is 16.5 Å². The molecule has 0 atom stereocenters. The molecule has 0 aliphatic carbocycles. The molecule has 0 bridgehead atoms. The normalized spacial score (nSPS) is 10.1. The van der Waals surface area contributed by atoms with E-state index in [1.54, 1.807) is 6.20 Å². The zero-order valence-corrected chi connectivity index (χ0v) is 8.75. The van der Waals surface area contributed by atoms with Crippen molar-refractivity contribution in [2.45, 2.75) is 0 Å². The smallest absolute Gasteiger partial charge is 0.259 e. The highest BCUT2D eigenvalue weighted by atomic mass is 35.5. The molecule has 82 valence electrons. The Hall–Kier alpha value is -1.88. The molecular weight excluding hydrogens is 233 g/mol. The summed E-state index contributed by atoms with van der Waals surface area (Å²) in [6, 6.07) is 4.04. The first-order chi connectivity index (χ1) is 7.68. The third kappa shape index (κ3) is 2.04. The summed E-state index contributed by atoms with van der Waals surface area (Å²) in [4.78, 5) is 18.2. The van der Waals surface area contributed by atoms with E-state index in [1.165, 1.54) is 24.4 Å². The van der Waals surface area contributed by atoms with E-state index in [2.05, 4.69) is 15.3 Å². The maximum atomic E-state index is 13.1. The van der Waals surface area contributed by atoms with Crippen molar-refractivity contribution >= 4 is 23.5 Å². The predicted octanol–water partition coefficient (Wildman–Crippen LogP) is 2.45. The number of aromatic nitrogens is 2. The van der Waals surface area contributed by atoms with Gasteiger partial charge in [-0.05, 0) is 12.1 Å². The summed E-state index contributed by atoms with van der Waals surface area (Å²) < 4.78 is 13.1. The summed E-state index contributed by atoms with van der Waals surface area (Å²) in [6.07, 6.45) is 3.05. The summed E-state index contributed by atoms with van der Waals surface area (Å²) in [5.41, 5.74) is 0.0677. The number of halogens is 2. The van der Waals surface area contributed by atoms with E-state index in [1.807, 2.05) is 0 Å². The van der Waals surface area contributed by atoms with Gasteiger partial charge in [-0.25, -0.2) is 9.37 Å². The van der Waals surface area contributed by atoms with Gasteiger partial charge in [0.15, 0.2) is 0 Å². The van der Waals surface area contributed by atoms with Crippen LogP contribution in [0, 0.1) is 5.82 Å². The first kappa shape index (κ1) is 10.6. The highest BCUT2D eigenvalue weighted by Gasteiger charge is 2.13. The Bertz CT molecular complexity index is 513. The zero-order chi connectivity index (χ0) is 11.5. The molecule has 0 aliphatic rings. The van der Waals surface area contributed by atoms with Gasteiger partial charge in [0.1, 0.15) is 5.82 Å². The SMILES string of the molecule is O=C(Nc1ncc[nH]1)c1cccc(F)c1Cl. The van der Waals surface area contributed by atoms with Gasteiger partial charge >= 0.3 is 0 Å². The van der Waals surface area contributed by atoms with Crippen molar-refractivity contribution in [3.63, 3.8) is 0 Å². The van der Waals surface area contributed by atoms with Crippen LogP contribution < -0.4 is 5.32 Å². The first-order valence-corrected chi connectivity index (χ1v) is 4.81. The van der Waals surface area contributed by atoms with E-state index < -0.39 is 11.7 Å². The fourth-order valence-corrected chi connectivity index (χ4v) is 1.40. The van der Waals surface area contributed by atoms with Gasteiger partial charge in [-0.3, -0.25) is 10.1 Å². The molecule has 16 heavy (non-hydrogen) atoms. The number of hydrogen-bond donors (Lipinski definition) is 2. The molecule has 1 heterocycles. The molecule has 0 saturated carbocycles. The second kappa shape index (κ2) is 4.32. The Kier molecular flexibility index (Phi) is 2.87. The lowest BCUT2D eigenvalue weighted by Crippen LogP contribution is -2.13. The Morgan fingerprint density at radius 1 is 1.50 bits per heavy atom. The van der Waals surface area contributed by atoms with Crippen molar-refractivity contribution in [3.8, 4) is 0 Å². The first-order valence-electron chi connectivity index (χ1n) is 4.43. The summed E-state index contributed by atoms with van der Waals surface area (Å²) in [5, 5.41) is 2.25. The van der Waals surface area contributed by atoms with Crippen molar-refractivity contribution < 1.29 is 9.18 Å². The fraction of sp³-hybridized carbons (Fsp3) is 0. The van der Waals surface area contributed by atoms with Gasteiger partial charge in [-0.15, -0.1) is 0 Å². The van der Waals surface area contributed by atoms with Crippen LogP contribution in [-0.2, 0) is 0 Å². The quantitative estimate of drug-likeness (QED) is 0.846. The number of aromatic amines is 1. The number of rotatable bonds is 2. The molecule has 1 aromatic heterocycles. The summed E-state index contributed by atoms with van der Waals surface area (Å²) >= 11 is 5.66. The van der Waals surface area contributed by atoms with Crippen molar-refractivity contribution in [1.29, 1.82) is 0 Å². The number of nitrogens with zero attached hydrogens (tertiary/aromatic N) is 1. The molecule has 1 amide bonds. The highest BCUT2D eigenvalue weighted by Crippen LogP contribution is 2.20. The molecule has 2 rings (SSSR count). The number of amides is 1. The maximum absolute atomic E-state index is 13.1. The topological polar surface area (TPSA) is 57.8 Å². The molecule has 4 nitrogen and oxygen atoms in total. The number of hydrogen-bond acceptors (Lipinski definition) is 2. The van der Waals surface area contributed by atoms with Crippen LogP contribution in [0.5, 0.6) is 0 Å². The zero-order valence-electron chi connectivity index (χ0n) is 8.00. The van der Waals surface area contributed by atoms with Crippen molar-refractivity contribution in [3.05, 3.63) is 47.0 Å². The lowest BCUT2D eigenvalue weighted by Gasteiger charge is -2.04. The molecule has 1 aromatic carbocycles. The molecule has 0 spiro atoms. The average molecular weight is 240 g/mol. The largest absolute Gasteiger partial charge is 0.331 e. The Morgan fingerprint density at radius 3 is 3.00 bits per heavy atom. The summed E-state index contributed by atoms with van der Waals surface area (Å²) in [7, 11) is 0. The second-order valence-electron chi connectivity index (χ2n) is 2.99. The van der Waals surface area contributed by atoms with Gasteiger partial charge in [-0.2, -0.15) is 0 Å². The lowest BCUT2D eigenvalue weighted by molar-refractivity contribution is 0.102. The van der Waals surface area contributed by atoms with Crippen LogP contribution in [0.4, 0.5) is 10.3 Å². The van der Waals surface area contributed by atoms with E-state index in [4.69, 9.17) is 11.6 Å². The number of anilines is 1. The minimum absolute atomic E-state index is 0.0677. The number of carbonyl (C=O) groups is 1. The number of carbonyl (C=O) groups excluding carboxylic acids is 1. The minimum Gasteiger partial charge on any atom is -0.331 e. The third-order valence-electron chi connectivity index (χ3n) is 1.93. The van der Waals surface area contributed by atoms with Crippen LogP contribution in [0.3, 0.4) is 0 Å². The van der Waals surface area contributed by atoms with Gasteiger partial charge in [0.05, 0.1) is 10.6 Å². The maximum Gasteiger partial charge on any atom is 0.259 e. The van der Waals surface area contributed by atoms with Gasteiger partial charge < -0.3 is 4.98 Å². The van der Waals surface area contributed by atoms with Gasteiger partial charge in [0.2, 0.25) is 5.95 Å². The average Bonchev–Trinajstić information content (AvgIpc) is 2.74. The predicted molar refractivity (Wildman–Crippen MR) is 58.0 cm³/mol. The van der Waals surface area contributed by atoms with E-state index in [9.17, 15) is 9.18 Å². The second-order valence-corrected chi connectivity index (χ2v) is 3.37. The number of imidazole rings is 1. The molecule has 2 N–H and O–H groups in total. The molecule has 0 radical (unpaired) electrons. The van der Waals surface area contributed by atoms with E-state index in [0.29, 0.717) is 0 Å². The Morgan fingerprint density at radius 2 is 2.31 bits per heavy atom. The highest BCUT2D eigenvalue weighted by molar-refractivity contribution is 6.34. The Balaban J connectivity index is 2.24. The minimum atomic E-state index is -0.631. The van der Waals surface area contributed by atoms with Crippen LogP contribution in [0.1, 0.15) is 10.4 Å². The van der Waals surface area contributed by atoms with E-state index >= 15 is 0 Å². The van der Waals surface area contributed by atoms with Crippen LogP contribution in [0.25, 0.3) is 0 Å². The van der Waals surface area contributed by atoms with E-state index in [0.717, 1.165) is 0 Å². The molecule has 2 aromatic rings. The van der Waals surface area contributed by atoms with Crippen molar-refractivity contribution in [2.75, 3.05) is 5.32 Å². The Labute approximate surface area is 95.5 Å². The molecular formula is C10H7ClFN3O. The fourth-order valence-electron chi connectivity index (χ4n) is 1.19. The third-order valence-corrected chi connectivity index (χ3v) is 2.31.